The van der Waals surface area contributed by atoms with Gasteiger partial charge in [-0.2, -0.15) is 0 Å². The van der Waals surface area contributed by atoms with Gasteiger partial charge < -0.3 is 10.4 Å². The van der Waals surface area contributed by atoms with Gasteiger partial charge in [-0.3, -0.25) is 14.9 Å². The van der Waals surface area contributed by atoms with E-state index in [9.17, 15) is 14.9 Å². The molecule has 2 atom stereocenters. The van der Waals surface area contributed by atoms with E-state index in [1.807, 2.05) is 12.2 Å². The fraction of sp³-hybridized carbons (Fsp3) is 0.267. The fourth-order valence-corrected chi connectivity index (χ4v) is 2.21. The number of hydrogen-bond donors (Lipinski definition) is 2. The zero-order valence-corrected chi connectivity index (χ0v) is 11.3. The molecule has 6 nitrogen and oxygen atoms in total. The molecule has 0 aliphatic heterocycles. The van der Waals surface area contributed by atoms with Crippen molar-refractivity contribution in [3.63, 3.8) is 0 Å². The number of nitro benzene ring substituents is 1. The first kappa shape index (κ1) is 14.9. The number of hydrogen-bond acceptors (Lipinski definition) is 4. The van der Waals surface area contributed by atoms with Gasteiger partial charge in [0.1, 0.15) is 0 Å². The van der Waals surface area contributed by atoms with E-state index in [0.717, 1.165) is 0 Å². The van der Waals surface area contributed by atoms with Gasteiger partial charge >= 0.3 is 0 Å². The van der Waals surface area contributed by atoms with Crippen molar-refractivity contribution in [3.8, 4) is 0 Å². The summed E-state index contributed by atoms with van der Waals surface area (Å²) in [4.78, 5) is 22.2. The number of benzene rings is 1. The molecule has 0 aromatic heterocycles. The van der Waals surface area contributed by atoms with Crippen molar-refractivity contribution in [1.82, 2.24) is 5.32 Å². The lowest BCUT2D eigenvalue weighted by molar-refractivity contribution is -0.385. The highest BCUT2D eigenvalue weighted by molar-refractivity contribution is 5.92. The summed E-state index contributed by atoms with van der Waals surface area (Å²) < 4.78 is 0. The van der Waals surface area contributed by atoms with Crippen LogP contribution in [0.5, 0.6) is 0 Å². The second-order valence-corrected chi connectivity index (χ2v) is 4.83. The number of carbonyl (C=O) groups excluding carboxylic acids is 1. The van der Waals surface area contributed by atoms with Crippen LogP contribution in [0.2, 0.25) is 0 Å². The summed E-state index contributed by atoms with van der Waals surface area (Å²) in [6.45, 7) is 0.0644. The molecule has 1 aromatic rings. The number of amides is 1. The molecular weight excluding hydrogens is 272 g/mol. The molecule has 1 aliphatic carbocycles. The molecule has 0 fully saturated rings. The average molecular weight is 288 g/mol. The number of nitro groups is 1. The van der Waals surface area contributed by atoms with E-state index in [4.69, 9.17) is 5.11 Å². The first-order valence-electron chi connectivity index (χ1n) is 6.61. The van der Waals surface area contributed by atoms with E-state index >= 15 is 0 Å². The minimum Gasteiger partial charge on any atom is -0.396 e. The van der Waals surface area contributed by atoms with Crippen LogP contribution in [0.4, 0.5) is 5.69 Å². The van der Waals surface area contributed by atoms with Crippen LogP contribution in [0.3, 0.4) is 0 Å². The highest BCUT2D eigenvalue weighted by Crippen LogP contribution is 2.19. The molecule has 0 heterocycles. The molecule has 2 N–H and O–H groups in total. The van der Waals surface area contributed by atoms with Gasteiger partial charge in [0.2, 0.25) is 5.91 Å². The smallest absolute Gasteiger partial charge is 0.276 e. The maximum absolute atomic E-state index is 11.8. The Balaban J connectivity index is 1.97. The molecule has 1 aromatic carbocycles. The quantitative estimate of drug-likeness (QED) is 0.373. The van der Waals surface area contributed by atoms with E-state index < -0.39 is 4.92 Å². The van der Waals surface area contributed by atoms with Crippen LogP contribution in [-0.4, -0.2) is 28.6 Å². The molecule has 6 heteroatoms. The third-order valence-corrected chi connectivity index (χ3v) is 3.28. The lowest BCUT2D eigenvalue weighted by atomic mass is 10.1. The van der Waals surface area contributed by atoms with Gasteiger partial charge in [-0.05, 0) is 18.6 Å². The fourth-order valence-electron chi connectivity index (χ4n) is 2.21. The predicted molar refractivity (Wildman–Crippen MR) is 78.4 cm³/mol. The molecule has 0 bridgehead atoms. The minimum absolute atomic E-state index is 0.0392. The second-order valence-electron chi connectivity index (χ2n) is 4.83. The van der Waals surface area contributed by atoms with E-state index in [1.165, 1.54) is 18.2 Å². The van der Waals surface area contributed by atoms with Gasteiger partial charge in [0, 0.05) is 30.7 Å². The average Bonchev–Trinajstić information content (AvgIpc) is 2.93. The normalized spacial score (nSPS) is 20.8. The van der Waals surface area contributed by atoms with Crippen LogP contribution < -0.4 is 5.32 Å². The van der Waals surface area contributed by atoms with Crippen molar-refractivity contribution >= 4 is 17.7 Å². The third kappa shape index (κ3) is 4.00. The molecule has 0 spiro atoms. The predicted octanol–water partition coefficient (Wildman–Crippen LogP) is 1.66. The van der Waals surface area contributed by atoms with Gasteiger partial charge in [0.25, 0.3) is 5.69 Å². The van der Waals surface area contributed by atoms with Gasteiger partial charge in [-0.1, -0.05) is 24.3 Å². The molecule has 0 saturated heterocycles. The molecule has 0 unspecified atom stereocenters. The lowest BCUT2D eigenvalue weighted by Gasteiger charge is -2.10. The van der Waals surface area contributed by atoms with Crippen LogP contribution in [0.25, 0.3) is 6.08 Å². The van der Waals surface area contributed by atoms with Gasteiger partial charge in [0.15, 0.2) is 0 Å². The Bertz CT molecular complexity index is 595. The highest BCUT2D eigenvalue weighted by atomic mass is 16.6. The molecule has 2 rings (SSSR count). The monoisotopic (exact) mass is 288 g/mol. The van der Waals surface area contributed by atoms with Crippen LogP contribution in [0, 0.1) is 16.0 Å². The van der Waals surface area contributed by atoms with E-state index in [-0.39, 0.29) is 30.2 Å². The Labute approximate surface area is 121 Å². The Morgan fingerprint density at radius 1 is 1.43 bits per heavy atom. The number of para-hydroxylation sites is 1. The summed E-state index contributed by atoms with van der Waals surface area (Å²) in [5.74, 6) is -0.240. The van der Waals surface area contributed by atoms with E-state index in [0.29, 0.717) is 12.0 Å². The first-order valence-corrected chi connectivity index (χ1v) is 6.61. The van der Waals surface area contributed by atoms with Crippen LogP contribution in [0.15, 0.2) is 42.5 Å². The maximum Gasteiger partial charge on any atom is 0.276 e. The van der Waals surface area contributed by atoms with Crippen LogP contribution in [-0.2, 0) is 4.79 Å². The number of rotatable bonds is 5. The summed E-state index contributed by atoms with van der Waals surface area (Å²) in [7, 11) is 0. The van der Waals surface area contributed by atoms with Gasteiger partial charge in [-0.15, -0.1) is 0 Å². The summed E-state index contributed by atoms with van der Waals surface area (Å²) in [6, 6.07) is 6.12. The minimum atomic E-state index is -0.483. The number of aliphatic hydroxyl groups excluding tert-OH is 1. The van der Waals surface area contributed by atoms with Crippen LogP contribution >= 0.6 is 0 Å². The number of carbonyl (C=O) groups is 1. The molecule has 0 radical (unpaired) electrons. The Kier molecular flexibility index (Phi) is 4.84. The van der Waals surface area contributed by atoms with Crippen molar-refractivity contribution in [3.05, 3.63) is 58.2 Å². The SMILES string of the molecule is O=C(/C=C/c1ccccc1[N+](=O)[O-])N[C@@H]1C=C[C@H](CO)C1. The number of nitrogens with zero attached hydrogens (tertiary/aromatic N) is 1. The number of nitrogens with one attached hydrogen (secondary N) is 1. The molecule has 21 heavy (non-hydrogen) atoms. The highest BCUT2D eigenvalue weighted by Gasteiger charge is 2.18. The molecule has 1 amide bonds. The van der Waals surface area contributed by atoms with E-state index in [2.05, 4.69) is 5.32 Å². The summed E-state index contributed by atoms with van der Waals surface area (Å²) in [5, 5.41) is 22.6. The zero-order chi connectivity index (χ0) is 15.2. The Hall–Kier alpha value is -2.47. The van der Waals surface area contributed by atoms with Crippen molar-refractivity contribution in [1.29, 1.82) is 0 Å². The molecule has 0 saturated carbocycles. The molecule has 110 valence electrons. The standard InChI is InChI=1S/C15H16N2O4/c18-10-11-5-7-13(9-11)16-15(19)8-6-12-3-1-2-4-14(12)17(20)21/h1-8,11,13,18H,9-10H2,(H,16,19)/b8-6+/t11-,13+/m0/s1. The van der Waals surface area contributed by atoms with Crippen molar-refractivity contribution in [2.45, 2.75) is 12.5 Å². The maximum atomic E-state index is 11.8. The lowest BCUT2D eigenvalue weighted by Crippen LogP contribution is -2.31. The topological polar surface area (TPSA) is 92.5 Å². The summed E-state index contributed by atoms with van der Waals surface area (Å²) in [6.07, 6.45) is 7.09. The Morgan fingerprint density at radius 2 is 2.19 bits per heavy atom. The van der Waals surface area contributed by atoms with Gasteiger partial charge in [0.05, 0.1) is 10.5 Å². The van der Waals surface area contributed by atoms with Crippen molar-refractivity contribution < 1.29 is 14.8 Å². The summed E-state index contributed by atoms with van der Waals surface area (Å²) >= 11 is 0. The molecule has 1 aliphatic rings. The largest absolute Gasteiger partial charge is 0.396 e. The number of aliphatic hydroxyl groups is 1. The summed E-state index contributed by atoms with van der Waals surface area (Å²) in [5.41, 5.74) is 0.343. The Morgan fingerprint density at radius 3 is 2.86 bits per heavy atom. The van der Waals surface area contributed by atoms with Crippen molar-refractivity contribution in [2.24, 2.45) is 5.92 Å². The third-order valence-electron chi connectivity index (χ3n) is 3.28. The zero-order valence-electron chi connectivity index (χ0n) is 11.3. The van der Waals surface area contributed by atoms with Crippen LogP contribution in [0.1, 0.15) is 12.0 Å². The second kappa shape index (κ2) is 6.81. The van der Waals surface area contributed by atoms with Gasteiger partial charge in [-0.25, -0.2) is 0 Å². The van der Waals surface area contributed by atoms with Crippen molar-refractivity contribution in [2.75, 3.05) is 6.61 Å². The van der Waals surface area contributed by atoms with E-state index in [1.54, 1.807) is 18.2 Å². The molecular formula is C15H16N2O4. The first-order chi connectivity index (χ1) is 10.1.